The summed E-state index contributed by atoms with van der Waals surface area (Å²) in [6, 6.07) is 31.7. The fourth-order valence-electron chi connectivity index (χ4n) is 5.34. The van der Waals surface area contributed by atoms with Crippen molar-refractivity contribution in [1.82, 2.24) is 4.90 Å². The summed E-state index contributed by atoms with van der Waals surface area (Å²) in [6.07, 6.45) is 3.57. The van der Waals surface area contributed by atoms with Gasteiger partial charge in [-0.25, -0.2) is 0 Å². The topological polar surface area (TPSA) is 65.4 Å². The van der Waals surface area contributed by atoms with Gasteiger partial charge < -0.3 is 10.1 Å². The zero-order chi connectivity index (χ0) is 29.5. The van der Waals surface area contributed by atoms with E-state index in [0.717, 1.165) is 49.2 Å². The van der Waals surface area contributed by atoms with Gasteiger partial charge in [-0.2, -0.15) is 5.26 Å². The fourth-order valence-corrected chi connectivity index (χ4v) is 6.27. The minimum Gasteiger partial charge on any atom is -0.360 e. The van der Waals surface area contributed by atoms with E-state index in [1.54, 1.807) is 36.0 Å². The van der Waals surface area contributed by atoms with Crippen LogP contribution < -0.4 is 5.32 Å². The van der Waals surface area contributed by atoms with Crippen LogP contribution in [0.25, 0.3) is 11.1 Å². The molecule has 0 atom stereocenters. The van der Waals surface area contributed by atoms with Gasteiger partial charge in [-0.3, -0.25) is 9.69 Å². The monoisotopic (exact) mass is 615 g/mol. The lowest BCUT2D eigenvalue weighted by molar-refractivity contribution is -0.135. The number of nitrogens with zero attached hydrogens (tertiary/aromatic N) is 2. The lowest BCUT2D eigenvalue weighted by Gasteiger charge is -2.42. The van der Waals surface area contributed by atoms with E-state index < -0.39 is 5.60 Å². The molecule has 4 aromatic carbocycles. The van der Waals surface area contributed by atoms with Crippen LogP contribution in [-0.4, -0.2) is 36.8 Å². The molecule has 8 heteroatoms. The number of rotatable bonds is 9. The second-order valence-electron chi connectivity index (χ2n) is 10.4. The van der Waals surface area contributed by atoms with Crippen LogP contribution in [-0.2, 0) is 21.7 Å². The summed E-state index contributed by atoms with van der Waals surface area (Å²) in [4.78, 5) is 16.6. The molecule has 1 N–H and O–H groups in total. The van der Waals surface area contributed by atoms with Crippen molar-refractivity contribution in [3.63, 3.8) is 0 Å². The highest BCUT2D eigenvalue weighted by Gasteiger charge is 2.38. The van der Waals surface area contributed by atoms with Gasteiger partial charge in [-0.15, -0.1) is 11.8 Å². The first kappa shape index (κ1) is 30.2. The lowest BCUT2D eigenvalue weighted by atomic mass is 9.83. The molecule has 0 saturated carbocycles. The highest BCUT2D eigenvalue weighted by molar-refractivity contribution is 7.98. The normalized spacial score (nSPS) is 14.7. The van der Waals surface area contributed by atoms with Crippen molar-refractivity contribution in [2.24, 2.45) is 0 Å². The van der Waals surface area contributed by atoms with Crippen LogP contribution in [0.1, 0.15) is 29.5 Å². The number of carbonyl (C=O) groups excluding carboxylic acids is 1. The third-order valence-corrected chi connectivity index (χ3v) is 8.77. The van der Waals surface area contributed by atoms with Gasteiger partial charge in [0.25, 0.3) is 0 Å². The summed E-state index contributed by atoms with van der Waals surface area (Å²) in [5.41, 5.74) is 4.86. The number of hydrogen-bond acceptors (Lipinski definition) is 5. The van der Waals surface area contributed by atoms with Crippen molar-refractivity contribution in [3.8, 4) is 17.2 Å². The van der Waals surface area contributed by atoms with Crippen LogP contribution >= 0.6 is 35.0 Å². The number of halogens is 2. The maximum Gasteiger partial charge on any atom is 0.250 e. The number of piperidine rings is 1. The van der Waals surface area contributed by atoms with E-state index in [1.165, 1.54) is 10.5 Å². The molecule has 1 amide bonds. The third kappa shape index (κ3) is 7.55. The van der Waals surface area contributed by atoms with Gasteiger partial charge in [-0.1, -0.05) is 71.7 Å². The van der Waals surface area contributed by atoms with Gasteiger partial charge in [0.15, 0.2) is 0 Å². The molecule has 1 aliphatic heterocycles. The number of amides is 1. The molecule has 0 aromatic heterocycles. The van der Waals surface area contributed by atoms with Crippen LogP contribution in [0.4, 0.5) is 5.69 Å². The number of likely N-dealkylation sites (tertiary alicyclic amines) is 1. The van der Waals surface area contributed by atoms with Crippen molar-refractivity contribution >= 4 is 46.6 Å². The molecule has 42 heavy (non-hydrogen) atoms. The number of thioether (sulfide) groups is 1. The number of hydrogen-bond donors (Lipinski definition) is 1. The SMILES string of the molecule is CSc1ccc(CN2CCC(OCC(=O)Nc3cc(Cl)cc(Cl)c3)(c3ccc(-c4cccc(C#N)c4)cc3)CC2)cc1. The summed E-state index contributed by atoms with van der Waals surface area (Å²) >= 11 is 14.0. The molecule has 4 aromatic rings. The molecule has 1 fully saturated rings. The van der Waals surface area contributed by atoms with Gasteiger partial charge in [0.1, 0.15) is 6.61 Å². The molecule has 1 aliphatic rings. The number of nitrogens with one attached hydrogen (secondary N) is 1. The Morgan fingerprint density at radius 2 is 1.64 bits per heavy atom. The van der Waals surface area contributed by atoms with Crippen molar-refractivity contribution in [2.45, 2.75) is 29.9 Å². The maximum atomic E-state index is 12.9. The molecule has 0 bridgehead atoms. The Balaban J connectivity index is 1.33. The van der Waals surface area contributed by atoms with Gasteiger partial charge in [0.05, 0.1) is 17.2 Å². The van der Waals surface area contributed by atoms with E-state index in [-0.39, 0.29) is 12.5 Å². The van der Waals surface area contributed by atoms with Crippen LogP contribution in [0.2, 0.25) is 10.0 Å². The highest BCUT2D eigenvalue weighted by Crippen LogP contribution is 2.38. The Kier molecular flexibility index (Phi) is 9.89. The van der Waals surface area contributed by atoms with E-state index in [4.69, 9.17) is 27.9 Å². The number of nitriles is 1. The largest absolute Gasteiger partial charge is 0.360 e. The molecule has 0 aliphatic carbocycles. The summed E-state index contributed by atoms with van der Waals surface area (Å²) in [7, 11) is 0. The van der Waals surface area contributed by atoms with Gasteiger partial charge in [0, 0.05) is 40.3 Å². The van der Waals surface area contributed by atoms with Crippen molar-refractivity contribution in [2.75, 3.05) is 31.3 Å². The zero-order valence-electron chi connectivity index (χ0n) is 23.3. The summed E-state index contributed by atoms with van der Waals surface area (Å²) < 4.78 is 6.51. The van der Waals surface area contributed by atoms with Crippen molar-refractivity contribution in [1.29, 1.82) is 5.26 Å². The molecule has 1 heterocycles. The number of benzene rings is 4. The molecule has 0 unspecified atom stereocenters. The molecular weight excluding hydrogens is 585 g/mol. The minimum atomic E-state index is -0.616. The van der Waals surface area contributed by atoms with Gasteiger partial charge >= 0.3 is 0 Å². The average Bonchev–Trinajstić information content (AvgIpc) is 3.01. The summed E-state index contributed by atoms with van der Waals surface area (Å²) in [5.74, 6) is -0.269. The Hall–Kier alpha value is -3.31. The van der Waals surface area contributed by atoms with E-state index in [9.17, 15) is 10.1 Å². The Morgan fingerprint density at radius 3 is 2.29 bits per heavy atom. The van der Waals surface area contributed by atoms with Crippen LogP contribution in [0, 0.1) is 11.3 Å². The molecule has 1 saturated heterocycles. The third-order valence-electron chi connectivity index (χ3n) is 7.59. The fraction of sp³-hybridized carbons (Fsp3) is 0.235. The summed E-state index contributed by atoms with van der Waals surface area (Å²) in [5, 5.41) is 13.1. The first-order chi connectivity index (χ1) is 20.4. The quantitative estimate of drug-likeness (QED) is 0.191. The van der Waals surface area contributed by atoms with Crippen LogP contribution in [0.15, 0.2) is 95.9 Å². The Labute approximate surface area is 261 Å². The van der Waals surface area contributed by atoms with Crippen LogP contribution in [0.5, 0.6) is 0 Å². The maximum absolute atomic E-state index is 12.9. The Bertz CT molecular complexity index is 1560. The molecule has 214 valence electrons. The molecule has 5 rings (SSSR count). The Morgan fingerprint density at radius 1 is 0.952 bits per heavy atom. The van der Waals surface area contributed by atoms with Crippen molar-refractivity contribution in [3.05, 3.63) is 118 Å². The van der Waals surface area contributed by atoms with E-state index in [0.29, 0.717) is 21.3 Å². The van der Waals surface area contributed by atoms with E-state index >= 15 is 0 Å². The van der Waals surface area contributed by atoms with Crippen molar-refractivity contribution < 1.29 is 9.53 Å². The molecule has 0 radical (unpaired) electrons. The number of carbonyl (C=O) groups is 1. The second-order valence-corrected chi connectivity index (χ2v) is 12.1. The highest BCUT2D eigenvalue weighted by atomic mass is 35.5. The molecule has 0 spiro atoms. The lowest BCUT2D eigenvalue weighted by Crippen LogP contribution is -2.45. The predicted molar refractivity (Wildman–Crippen MR) is 172 cm³/mol. The number of ether oxygens (including phenoxy) is 1. The first-order valence-corrected chi connectivity index (χ1v) is 15.7. The predicted octanol–water partition coefficient (Wildman–Crippen LogP) is 8.40. The standard InChI is InChI=1S/C34H31Cl2N3O2S/c1-42-32-11-5-24(6-12-32)22-39-15-13-34(14-16-39,41-23-33(40)38-31-19-29(35)18-30(36)20-31)28-9-7-26(8-10-28)27-4-2-3-25(17-27)21-37/h2-12,17-20H,13-16,22-23H2,1H3,(H,38,40). The summed E-state index contributed by atoms with van der Waals surface area (Å²) in [6.45, 7) is 2.44. The molecular formula is C34H31Cl2N3O2S. The first-order valence-electron chi connectivity index (χ1n) is 13.7. The van der Waals surface area contributed by atoms with E-state index in [2.05, 4.69) is 71.1 Å². The number of anilines is 1. The van der Waals surface area contributed by atoms with Gasteiger partial charge in [-0.05, 0) is 83.8 Å². The van der Waals surface area contributed by atoms with Crippen LogP contribution in [0.3, 0.4) is 0 Å². The molecule has 5 nitrogen and oxygen atoms in total. The minimum absolute atomic E-state index is 0.105. The smallest absolute Gasteiger partial charge is 0.250 e. The van der Waals surface area contributed by atoms with E-state index in [1.807, 2.05) is 18.2 Å². The second kappa shape index (κ2) is 13.8. The average molecular weight is 617 g/mol. The van der Waals surface area contributed by atoms with Gasteiger partial charge in [0.2, 0.25) is 5.91 Å². The zero-order valence-corrected chi connectivity index (χ0v) is 25.6.